The number of benzene rings is 1. The van der Waals surface area contributed by atoms with Gasteiger partial charge in [-0.3, -0.25) is 9.69 Å². The van der Waals surface area contributed by atoms with Gasteiger partial charge >= 0.3 is 0 Å². The number of aryl methyl sites for hydroxylation is 1. The normalized spacial score (nSPS) is 21.0. The zero-order chi connectivity index (χ0) is 18.1. The van der Waals surface area contributed by atoms with Gasteiger partial charge in [0, 0.05) is 18.7 Å². The van der Waals surface area contributed by atoms with E-state index in [1.54, 1.807) is 19.1 Å². The van der Waals surface area contributed by atoms with Gasteiger partial charge in [0.25, 0.3) is 5.91 Å². The smallest absolute Gasteiger partial charge is 0.290 e. The second-order valence-electron chi connectivity index (χ2n) is 6.65. The molecular formula is C18H21F2N3O2. The van der Waals surface area contributed by atoms with Crippen LogP contribution < -0.4 is 5.32 Å². The van der Waals surface area contributed by atoms with Crippen LogP contribution in [0.4, 0.5) is 8.78 Å². The summed E-state index contributed by atoms with van der Waals surface area (Å²) in [6.07, 6.45) is 0.709. The molecule has 1 aromatic carbocycles. The van der Waals surface area contributed by atoms with E-state index in [1.807, 2.05) is 13.8 Å². The second-order valence-corrected chi connectivity index (χ2v) is 6.65. The fourth-order valence-corrected chi connectivity index (χ4v) is 3.38. The predicted octanol–water partition coefficient (Wildman–Crippen LogP) is 3.22. The topological polar surface area (TPSA) is 58.4 Å². The molecule has 3 rings (SSSR count). The van der Waals surface area contributed by atoms with Gasteiger partial charge in [-0.15, -0.1) is 0 Å². The van der Waals surface area contributed by atoms with Crippen LogP contribution in [0.5, 0.6) is 0 Å². The third-order valence-electron chi connectivity index (χ3n) is 4.55. The first kappa shape index (κ1) is 17.5. The monoisotopic (exact) mass is 349 g/mol. The summed E-state index contributed by atoms with van der Waals surface area (Å²) in [5.41, 5.74) is 1.27. The van der Waals surface area contributed by atoms with Gasteiger partial charge in [0.1, 0.15) is 0 Å². The first-order chi connectivity index (χ1) is 11.9. The summed E-state index contributed by atoms with van der Waals surface area (Å²) in [7, 11) is 0. The summed E-state index contributed by atoms with van der Waals surface area (Å²) in [6, 6.07) is 5.21. The summed E-state index contributed by atoms with van der Waals surface area (Å²) in [6.45, 7) is 6.57. The lowest BCUT2D eigenvalue weighted by atomic mass is 9.99. The Morgan fingerprint density at radius 1 is 1.32 bits per heavy atom. The molecule has 2 heterocycles. The van der Waals surface area contributed by atoms with Crippen molar-refractivity contribution in [2.75, 3.05) is 6.54 Å². The fraction of sp³-hybridized carbons (Fsp3) is 0.444. The number of aromatic nitrogens is 1. The van der Waals surface area contributed by atoms with E-state index in [9.17, 15) is 13.6 Å². The van der Waals surface area contributed by atoms with Gasteiger partial charge in [-0.2, -0.15) is 0 Å². The van der Waals surface area contributed by atoms with E-state index in [4.69, 9.17) is 4.52 Å². The summed E-state index contributed by atoms with van der Waals surface area (Å²) in [5, 5.41) is 6.66. The number of rotatable bonds is 4. The highest BCUT2D eigenvalue weighted by Crippen LogP contribution is 2.34. The lowest BCUT2D eigenvalue weighted by Crippen LogP contribution is -2.41. The minimum absolute atomic E-state index is 0.143. The van der Waals surface area contributed by atoms with Gasteiger partial charge in [-0.25, -0.2) is 8.78 Å². The van der Waals surface area contributed by atoms with Crippen LogP contribution in [0.25, 0.3) is 0 Å². The van der Waals surface area contributed by atoms with Crippen LogP contribution in [0, 0.1) is 18.6 Å². The Balaban J connectivity index is 1.86. The van der Waals surface area contributed by atoms with Crippen molar-refractivity contribution in [2.24, 2.45) is 0 Å². The molecule has 0 unspecified atom stereocenters. The standard InChI is InChI=1S/C18H21F2N3O2/c1-10(2)23-7-6-15(21-18(24)16-8-11(3)22-25-16)17(23)12-4-5-13(19)14(20)9-12/h4-5,8-10,15,17H,6-7H2,1-3H3,(H,21,24)/t15-,17+/m0/s1. The van der Waals surface area contributed by atoms with Crippen LogP contribution in [0.1, 0.15) is 48.1 Å². The number of nitrogens with zero attached hydrogens (tertiary/aromatic N) is 2. The van der Waals surface area contributed by atoms with E-state index < -0.39 is 11.6 Å². The lowest BCUT2D eigenvalue weighted by Gasteiger charge is -2.31. The van der Waals surface area contributed by atoms with Crippen molar-refractivity contribution in [1.29, 1.82) is 0 Å². The Labute approximate surface area is 145 Å². The number of hydrogen-bond donors (Lipinski definition) is 1. The van der Waals surface area contributed by atoms with Crippen LogP contribution in [0.15, 0.2) is 28.8 Å². The van der Waals surface area contributed by atoms with E-state index in [2.05, 4.69) is 15.4 Å². The van der Waals surface area contributed by atoms with Gasteiger partial charge in [-0.05, 0) is 44.9 Å². The van der Waals surface area contributed by atoms with Crippen LogP contribution in [-0.4, -0.2) is 34.6 Å². The highest BCUT2D eigenvalue weighted by Gasteiger charge is 2.38. The molecule has 0 aliphatic carbocycles. The van der Waals surface area contributed by atoms with Crippen molar-refractivity contribution in [2.45, 2.75) is 45.3 Å². The second kappa shape index (κ2) is 6.92. The van der Waals surface area contributed by atoms with E-state index in [0.717, 1.165) is 12.6 Å². The number of nitrogens with one attached hydrogen (secondary N) is 1. The minimum atomic E-state index is -0.885. The average Bonchev–Trinajstić information content (AvgIpc) is 3.16. The maximum Gasteiger partial charge on any atom is 0.290 e. The SMILES string of the molecule is Cc1cc(C(=O)N[C@H]2CCN(C(C)C)[C@@H]2c2ccc(F)c(F)c2)on1. The van der Waals surface area contributed by atoms with Gasteiger partial charge in [0.2, 0.25) is 5.76 Å². The molecule has 2 atom stereocenters. The quantitative estimate of drug-likeness (QED) is 0.921. The van der Waals surface area contributed by atoms with Crippen molar-refractivity contribution in [3.05, 3.63) is 52.9 Å². The summed E-state index contributed by atoms with van der Waals surface area (Å²) < 4.78 is 32.0. The van der Waals surface area contributed by atoms with Gasteiger partial charge in [0.05, 0.1) is 17.8 Å². The molecular weight excluding hydrogens is 328 g/mol. The largest absolute Gasteiger partial charge is 0.351 e. The zero-order valence-corrected chi connectivity index (χ0v) is 14.4. The van der Waals surface area contributed by atoms with Crippen molar-refractivity contribution < 1.29 is 18.1 Å². The van der Waals surface area contributed by atoms with E-state index in [-0.39, 0.29) is 29.8 Å². The predicted molar refractivity (Wildman–Crippen MR) is 88.1 cm³/mol. The Bertz CT molecular complexity index is 775. The molecule has 1 aliphatic heterocycles. The first-order valence-electron chi connectivity index (χ1n) is 8.31. The van der Waals surface area contributed by atoms with Crippen molar-refractivity contribution in [1.82, 2.24) is 15.4 Å². The maximum absolute atomic E-state index is 13.7. The molecule has 7 heteroatoms. The highest BCUT2D eigenvalue weighted by molar-refractivity contribution is 5.91. The van der Waals surface area contributed by atoms with E-state index >= 15 is 0 Å². The number of likely N-dealkylation sites (tertiary alicyclic amines) is 1. The molecule has 5 nitrogen and oxygen atoms in total. The summed E-state index contributed by atoms with van der Waals surface area (Å²) in [5.74, 6) is -1.98. The maximum atomic E-state index is 13.7. The Morgan fingerprint density at radius 3 is 2.68 bits per heavy atom. The molecule has 0 radical (unpaired) electrons. The van der Waals surface area contributed by atoms with Crippen molar-refractivity contribution in [3.8, 4) is 0 Å². The number of amides is 1. The Kier molecular flexibility index (Phi) is 4.85. The molecule has 1 amide bonds. The third-order valence-corrected chi connectivity index (χ3v) is 4.55. The molecule has 1 saturated heterocycles. The highest BCUT2D eigenvalue weighted by atomic mass is 19.2. The zero-order valence-electron chi connectivity index (χ0n) is 14.4. The summed E-state index contributed by atoms with van der Waals surface area (Å²) >= 11 is 0. The molecule has 1 fully saturated rings. The molecule has 134 valence electrons. The fourth-order valence-electron chi connectivity index (χ4n) is 3.38. The number of halogens is 2. The van der Waals surface area contributed by atoms with Gasteiger partial charge in [0.15, 0.2) is 11.6 Å². The lowest BCUT2D eigenvalue weighted by molar-refractivity contribution is 0.0882. The van der Waals surface area contributed by atoms with E-state index in [0.29, 0.717) is 17.7 Å². The molecule has 1 aromatic heterocycles. The first-order valence-corrected chi connectivity index (χ1v) is 8.31. The van der Waals surface area contributed by atoms with E-state index in [1.165, 1.54) is 6.07 Å². The van der Waals surface area contributed by atoms with Crippen LogP contribution in [-0.2, 0) is 0 Å². The Morgan fingerprint density at radius 2 is 2.08 bits per heavy atom. The molecule has 1 N–H and O–H groups in total. The molecule has 1 aliphatic rings. The third kappa shape index (κ3) is 3.56. The van der Waals surface area contributed by atoms with Crippen LogP contribution in [0.3, 0.4) is 0 Å². The van der Waals surface area contributed by atoms with Crippen LogP contribution in [0.2, 0.25) is 0 Å². The Hall–Kier alpha value is -2.28. The molecule has 2 aromatic rings. The van der Waals surface area contributed by atoms with Crippen molar-refractivity contribution in [3.63, 3.8) is 0 Å². The number of carbonyl (C=O) groups is 1. The number of carbonyl (C=O) groups excluding carboxylic acids is 1. The van der Waals surface area contributed by atoms with Crippen molar-refractivity contribution >= 4 is 5.91 Å². The van der Waals surface area contributed by atoms with Crippen LogP contribution >= 0.6 is 0 Å². The molecule has 0 bridgehead atoms. The minimum Gasteiger partial charge on any atom is -0.351 e. The van der Waals surface area contributed by atoms with Gasteiger partial charge in [-0.1, -0.05) is 11.2 Å². The number of hydrogen-bond acceptors (Lipinski definition) is 4. The van der Waals surface area contributed by atoms with Gasteiger partial charge < -0.3 is 9.84 Å². The summed E-state index contributed by atoms with van der Waals surface area (Å²) in [4.78, 5) is 14.6. The molecule has 25 heavy (non-hydrogen) atoms. The molecule has 0 spiro atoms. The molecule has 0 saturated carbocycles. The average molecular weight is 349 g/mol.